The number of halogens is 1. The zero-order chi connectivity index (χ0) is 11.0. The van der Waals surface area contributed by atoms with E-state index in [2.05, 4.69) is 5.10 Å². The number of fused-ring (bicyclic) bond motifs is 1. The normalized spacial score (nSPS) is 14.3. The maximum atomic E-state index is 12.8. The summed E-state index contributed by atoms with van der Waals surface area (Å²) in [5, 5.41) is 4.42. The predicted octanol–water partition coefficient (Wildman–Crippen LogP) is 2.47. The van der Waals surface area contributed by atoms with Gasteiger partial charge in [0.05, 0.1) is 12.3 Å². The van der Waals surface area contributed by atoms with Gasteiger partial charge in [-0.25, -0.2) is 9.07 Å². The largest absolute Gasteiger partial charge is 0.478 e. The van der Waals surface area contributed by atoms with E-state index in [1.54, 1.807) is 12.1 Å². The molecular weight excluding hydrogens is 207 g/mol. The first-order valence-electron chi connectivity index (χ1n) is 5.29. The van der Waals surface area contributed by atoms with Gasteiger partial charge >= 0.3 is 0 Å². The molecule has 2 aromatic rings. The lowest BCUT2D eigenvalue weighted by Gasteiger charge is -2.13. The first kappa shape index (κ1) is 9.39. The molecule has 0 saturated heterocycles. The molecule has 0 unspecified atom stereocenters. The molecule has 0 amide bonds. The molecule has 3 nitrogen and oxygen atoms in total. The minimum Gasteiger partial charge on any atom is -0.478 e. The summed E-state index contributed by atoms with van der Waals surface area (Å²) in [6.07, 6.45) is 0.984. The molecule has 0 atom stereocenters. The second-order valence-electron chi connectivity index (χ2n) is 3.80. The highest BCUT2D eigenvalue weighted by atomic mass is 19.1. The van der Waals surface area contributed by atoms with Crippen molar-refractivity contribution >= 4 is 0 Å². The van der Waals surface area contributed by atoms with E-state index in [0.29, 0.717) is 0 Å². The summed E-state index contributed by atoms with van der Waals surface area (Å²) in [5.41, 5.74) is 1.74. The Hall–Kier alpha value is -1.84. The number of benzene rings is 1. The number of hydrogen-bond donors (Lipinski definition) is 0. The Morgan fingerprint density at radius 2 is 2.06 bits per heavy atom. The summed E-state index contributed by atoms with van der Waals surface area (Å²) in [6, 6.07) is 8.23. The van der Waals surface area contributed by atoms with Gasteiger partial charge in [-0.1, -0.05) is 0 Å². The van der Waals surface area contributed by atoms with Crippen molar-refractivity contribution in [2.45, 2.75) is 13.0 Å². The van der Waals surface area contributed by atoms with Crippen LogP contribution in [0.3, 0.4) is 0 Å². The summed E-state index contributed by atoms with van der Waals surface area (Å²) in [7, 11) is 0. The topological polar surface area (TPSA) is 27.1 Å². The number of aromatic nitrogens is 2. The van der Waals surface area contributed by atoms with Crippen LogP contribution in [0.5, 0.6) is 5.88 Å². The summed E-state index contributed by atoms with van der Waals surface area (Å²) >= 11 is 0. The molecule has 0 saturated carbocycles. The molecular formula is C12H11FN2O. The van der Waals surface area contributed by atoms with Crippen LogP contribution in [0.4, 0.5) is 4.39 Å². The van der Waals surface area contributed by atoms with Gasteiger partial charge in [-0.05, 0) is 24.3 Å². The molecule has 82 valence electrons. The molecule has 16 heavy (non-hydrogen) atoms. The third-order valence-corrected chi connectivity index (χ3v) is 2.65. The molecule has 1 aliphatic heterocycles. The van der Waals surface area contributed by atoms with Crippen LogP contribution in [0.25, 0.3) is 11.3 Å². The van der Waals surface area contributed by atoms with Crippen LogP contribution in [-0.2, 0) is 6.54 Å². The van der Waals surface area contributed by atoms with Crippen molar-refractivity contribution in [2.75, 3.05) is 6.61 Å². The molecule has 4 heteroatoms. The lowest BCUT2D eigenvalue weighted by molar-refractivity contribution is 0.230. The van der Waals surface area contributed by atoms with Gasteiger partial charge in [0.25, 0.3) is 0 Å². The average Bonchev–Trinajstić information content (AvgIpc) is 2.73. The molecule has 2 heterocycles. The van der Waals surface area contributed by atoms with Crippen LogP contribution >= 0.6 is 0 Å². The van der Waals surface area contributed by atoms with E-state index in [9.17, 15) is 4.39 Å². The standard InChI is InChI=1S/C12H11FN2O/c13-10-4-2-9(3-5-10)11-8-12-15(14-11)6-1-7-16-12/h2-5,8H,1,6-7H2. The highest BCUT2D eigenvalue weighted by Crippen LogP contribution is 2.25. The zero-order valence-electron chi connectivity index (χ0n) is 8.69. The van der Waals surface area contributed by atoms with Crippen molar-refractivity contribution in [2.24, 2.45) is 0 Å². The molecule has 0 spiro atoms. The van der Waals surface area contributed by atoms with Gasteiger partial charge in [0.1, 0.15) is 5.82 Å². The van der Waals surface area contributed by atoms with Crippen molar-refractivity contribution < 1.29 is 9.13 Å². The molecule has 1 aliphatic rings. The Bertz CT molecular complexity index is 481. The maximum absolute atomic E-state index is 12.8. The molecule has 1 aromatic carbocycles. The number of rotatable bonds is 1. The van der Waals surface area contributed by atoms with Crippen molar-refractivity contribution in [1.29, 1.82) is 0 Å². The monoisotopic (exact) mass is 218 g/mol. The van der Waals surface area contributed by atoms with Gasteiger partial charge in [-0.3, -0.25) is 0 Å². The number of aryl methyl sites for hydroxylation is 1. The number of hydrogen-bond acceptors (Lipinski definition) is 2. The Morgan fingerprint density at radius 3 is 2.81 bits per heavy atom. The molecule has 0 radical (unpaired) electrons. The third-order valence-electron chi connectivity index (χ3n) is 2.65. The minimum absolute atomic E-state index is 0.232. The first-order chi connectivity index (χ1) is 7.83. The first-order valence-corrected chi connectivity index (χ1v) is 5.29. The minimum atomic E-state index is -0.232. The average molecular weight is 218 g/mol. The molecule has 0 fully saturated rings. The number of nitrogens with zero attached hydrogens (tertiary/aromatic N) is 2. The van der Waals surface area contributed by atoms with Gasteiger partial charge in [0, 0.05) is 24.6 Å². The van der Waals surface area contributed by atoms with E-state index in [4.69, 9.17) is 4.74 Å². The van der Waals surface area contributed by atoms with Gasteiger partial charge in [-0.2, -0.15) is 5.10 Å². The molecule has 3 rings (SSSR count). The van der Waals surface area contributed by atoms with E-state index in [0.717, 1.165) is 36.7 Å². The molecule has 0 bridgehead atoms. The quantitative estimate of drug-likeness (QED) is 0.735. The van der Waals surface area contributed by atoms with Crippen LogP contribution in [0, 0.1) is 5.82 Å². The summed E-state index contributed by atoms with van der Waals surface area (Å²) < 4.78 is 20.1. The molecule has 0 aliphatic carbocycles. The van der Waals surface area contributed by atoms with Crippen molar-refractivity contribution in [3.63, 3.8) is 0 Å². The lowest BCUT2D eigenvalue weighted by Crippen LogP contribution is -2.14. The fraction of sp³-hybridized carbons (Fsp3) is 0.250. The summed E-state index contributed by atoms with van der Waals surface area (Å²) in [4.78, 5) is 0. The Labute approximate surface area is 92.5 Å². The van der Waals surface area contributed by atoms with E-state index in [1.807, 2.05) is 10.7 Å². The summed E-state index contributed by atoms with van der Waals surface area (Å²) in [6.45, 7) is 1.63. The highest BCUT2D eigenvalue weighted by Gasteiger charge is 2.13. The second kappa shape index (κ2) is 3.63. The Kier molecular flexibility index (Phi) is 2.13. The van der Waals surface area contributed by atoms with Crippen LogP contribution in [0.2, 0.25) is 0 Å². The lowest BCUT2D eigenvalue weighted by atomic mass is 10.1. The van der Waals surface area contributed by atoms with Crippen LogP contribution in [0.15, 0.2) is 30.3 Å². The van der Waals surface area contributed by atoms with Gasteiger partial charge < -0.3 is 4.74 Å². The van der Waals surface area contributed by atoms with Gasteiger partial charge in [-0.15, -0.1) is 0 Å². The van der Waals surface area contributed by atoms with E-state index in [1.165, 1.54) is 12.1 Å². The smallest absolute Gasteiger partial charge is 0.212 e. The Morgan fingerprint density at radius 1 is 1.25 bits per heavy atom. The van der Waals surface area contributed by atoms with Crippen molar-refractivity contribution in [3.8, 4) is 17.1 Å². The fourth-order valence-corrected chi connectivity index (χ4v) is 1.83. The fourth-order valence-electron chi connectivity index (χ4n) is 1.83. The SMILES string of the molecule is Fc1ccc(-c2cc3n(n2)CCCO3)cc1. The highest BCUT2D eigenvalue weighted by molar-refractivity contribution is 5.60. The van der Waals surface area contributed by atoms with Crippen LogP contribution in [-0.4, -0.2) is 16.4 Å². The third kappa shape index (κ3) is 1.56. The molecule has 0 N–H and O–H groups in total. The Balaban J connectivity index is 2.00. The molecule has 1 aromatic heterocycles. The van der Waals surface area contributed by atoms with Gasteiger partial charge in [0.15, 0.2) is 0 Å². The number of ether oxygens (including phenoxy) is 1. The van der Waals surface area contributed by atoms with E-state index < -0.39 is 0 Å². The van der Waals surface area contributed by atoms with Crippen molar-refractivity contribution in [3.05, 3.63) is 36.1 Å². The predicted molar refractivity (Wildman–Crippen MR) is 57.7 cm³/mol. The van der Waals surface area contributed by atoms with Crippen molar-refractivity contribution in [1.82, 2.24) is 9.78 Å². The van der Waals surface area contributed by atoms with Crippen LogP contribution < -0.4 is 4.74 Å². The summed E-state index contributed by atoms with van der Waals surface area (Å²) in [5.74, 6) is 0.564. The van der Waals surface area contributed by atoms with Crippen LogP contribution in [0.1, 0.15) is 6.42 Å². The maximum Gasteiger partial charge on any atom is 0.212 e. The zero-order valence-corrected chi connectivity index (χ0v) is 8.69. The second-order valence-corrected chi connectivity index (χ2v) is 3.80. The van der Waals surface area contributed by atoms with E-state index in [-0.39, 0.29) is 5.82 Å². The van der Waals surface area contributed by atoms with Gasteiger partial charge in [0.2, 0.25) is 5.88 Å². The van der Waals surface area contributed by atoms with E-state index >= 15 is 0 Å².